The predicted molar refractivity (Wildman–Crippen MR) is 77.9 cm³/mol. The first-order chi connectivity index (χ1) is 9.01. The van der Waals surface area contributed by atoms with Gasteiger partial charge in [0.05, 0.1) is 12.4 Å². The van der Waals surface area contributed by atoms with E-state index in [1.54, 1.807) is 14.2 Å². The zero-order chi connectivity index (χ0) is 14.7. The highest BCUT2D eigenvalue weighted by Crippen LogP contribution is 1.99. The number of hydrogen-bond acceptors (Lipinski definition) is 4. The number of sulfonamides is 1. The van der Waals surface area contributed by atoms with E-state index < -0.39 is 10.0 Å². The van der Waals surface area contributed by atoms with Gasteiger partial charge in [0.25, 0.3) is 0 Å². The molecule has 0 saturated carbocycles. The summed E-state index contributed by atoms with van der Waals surface area (Å²) in [5, 5.41) is 5.98. The molecule has 0 rings (SSSR count). The standard InChI is InChI=1S/C11H26N4O3S/c1-5-15(6-2)19(16,17)10-8-14-11(12-3)13-7-9-18-4/h5-10H2,1-4H3,(H2,12,13,14). The summed E-state index contributed by atoms with van der Waals surface area (Å²) < 4.78 is 30.2. The molecule has 8 heteroatoms. The Labute approximate surface area is 116 Å². The van der Waals surface area contributed by atoms with Crippen LogP contribution in [0.1, 0.15) is 13.8 Å². The molecule has 0 bridgehead atoms. The summed E-state index contributed by atoms with van der Waals surface area (Å²) in [5.74, 6) is 0.631. The minimum absolute atomic E-state index is 0.0552. The third kappa shape index (κ3) is 7.34. The van der Waals surface area contributed by atoms with Gasteiger partial charge >= 0.3 is 0 Å². The summed E-state index contributed by atoms with van der Waals surface area (Å²) >= 11 is 0. The van der Waals surface area contributed by atoms with E-state index in [1.807, 2.05) is 13.8 Å². The maximum atomic E-state index is 11.9. The quantitative estimate of drug-likeness (QED) is 0.339. The van der Waals surface area contributed by atoms with Crippen molar-refractivity contribution in [3.05, 3.63) is 0 Å². The molecule has 0 aromatic carbocycles. The average molecular weight is 294 g/mol. The van der Waals surface area contributed by atoms with Crippen molar-refractivity contribution in [2.45, 2.75) is 13.8 Å². The lowest BCUT2D eigenvalue weighted by molar-refractivity contribution is 0.203. The van der Waals surface area contributed by atoms with Gasteiger partial charge in [0.2, 0.25) is 10.0 Å². The molecule has 0 atom stereocenters. The van der Waals surface area contributed by atoms with Crippen LogP contribution in [-0.4, -0.2) is 71.4 Å². The highest BCUT2D eigenvalue weighted by Gasteiger charge is 2.17. The fourth-order valence-electron chi connectivity index (χ4n) is 1.54. The van der Waals surface area contributed by atoms with E-state index in [0.29, 0.717) is 38.7 Å². The van der Waals surface area contributed by atoms with Crippen LogP contribution in [0.2, 0.25) is 0 Å². The van der Waals surface area contributed by atoms with Gasteiger partial charge in [0.15, 0.2) is 5.96 Å². The van der Waals surface area contributed by atoms with Gasteiger partial charge in [0.1, 0.15) is 0 Å². The summed E-state index contributed by atoms with van der Waals surface area (Å²) in [4.78, 5) is 4.00. The van der Waals surface area contributed by atoms with Crippen LogP contribution in [0.25, 0.3) is 0 Å². The first-order valence-corrected chi connectivity index (χ1v) is 8.04. The van der Waals surface area contributed by atoms with Gasteiger partial charge in [-0.15, -0.1) is 0 Å². The van der Waals surface area contributed by atoms with Crippen molar-refractivity contribution in [2.75, 3.05) is 52.7 Å². The lowest BCUT2D eigenvalue weighted by Gasteiger charge is -2.19. The smallest absolute Gasteiger partial charge is 0.215 e. The molecule has 0 unspecified atom stereocenters. The SMILES string of the molecule is CCN(CC)S(=O)(=O)CCNC(=NC)NCCOC. The van der Waals surface area contributed by atoms with Crippen molar-refractivity contribution in [1.29, 1.82) is 0 Å². The maximum Gasteiger partial charge on any atom is 0.215 e. The molecule has 0 radical (unpaired) electrons. The highest BCUT2D eigenvalue weighted by molar-refractivity contribution is 7.89. The van der Waals surface area contributed by atoms with E-state index in [1.165, 1.54) is 4.31 Å². The van der Waals surface area contributed by atoms with Crippen LogP contribution in [0, 0.1) is 0 Å². The molecule has 114 valence electrons. The second kappa shape index (κ2) is 9.99. The van der Waals surface area contributed by atoms with Crippen LogP contribution in [-0.2, 0) is 14.8 Å². The Morgan fingerprint density at radius 1 is 1.21 bits per heavy atom. The molecule has 0 aliphatic heterocycles. The normalized spacial score (nSPS) is 12.8. The fourth-order valence-corrected chi connectivity index (χ4v) is 2.94. The van der Waals surface area contributed by atoms with Gasteiger partial charge in [-0.25, -0.2) is 12.7 Å². The number of nitrogens with one attached hydrogen (secondary N) is 2. The molecule has 0 aromatic heterocycles. The summed E-state index contributed by atoms with van der Waals surface area (Å²) in [6.45, 7) is 6.18. The molecule has 0 heterocycles. The lowest BCUT2D eigenvalue weighted by Crippen LogP contribution is -2.42. The third-order valence-corrected chi connectivity index (χ3v) is 4.60. The molecule has 0 spiro atoms. The van der Waals surface area contributed by atoms with Crippen molar-refractivity contribution >= 4 is 16.0 Å². The van der Waals surface area contributed by atoms with Gasteiger partial charge < -0.3 is 15.4 Å². The molecular weight excluding hydrogens is 268 g/mol. The predicted octanol–water partition coefficient (Wildman–Crippen LogP) is -0.531. The van der Waals surface area contributed by atoms with Gasteiger partial charge in [-0.1, -0.05) is 13.8 Å². The number of ether oxygens (including phenoxy) is 1. The first-order valence-electron chi connectivity index (χ1n) is 6.43. The topological polar surface area (TPSA) is 83.0 Å². The second-order valence-electron chi connectivity index (χ2n) is 3.82. The number of guanidine groups is 1. The van der Waals surface area contributed by atoms with Crippen LogP contribution < -0.4 is 10.6 Å². The van der Waals surface area contributed by atoms with Crippen molar-refractivity contribution < 1.29 is 13.2 Å². The average Bonchev–Trinajstić information content (AvgIpc) is 2.38. The molecule has 0 aliphatic carbocycles. The van der Waals surface area contributed by atoms with E-state index in [4.69, 9.17) is 4.74 Å². The molecule has 0 aliphatic rings. The van der Waals surface area contributed by atoms with Crippen LogP contribution in [0.4, 0.5) is 0 Å². The number of nitrogens with zero attached hydrogens (tertiary/aromatic N) is 2. The Bertz CT molecular complexity index is 353. The Hall–Kier alpha value is -0.860. The Morgan fingerprint density at radius 2 is 1.79 bits per heavy atom. The number of aliphatic imine (C=N–C) groups is 1. The van der Waals surface area contributed by atoms with Crippen molar-refractivity contribution in [3.63, 3.8) is 0 Å². The number of methoxy groups -OCH3 is 1. The lowest BCUT2D eigenvalue weighted by atomic mass is 10.6. The van der Waals surface area contributed by atoms with E-state index in [-0.39, 0.29) is 5.75 Å². The molecule has 0 saturated heterocycles. The molecule has 7 nitrogen and oxygen atoms in total. The maximum absolute atomic E-state index is 11.9. The van der Waals surface area contributed by atoms with Crippen LogP contribution in [0.5, 0.6) is 0 Å². The molecule has 0 amide bonds. The van der Waals surface area contributed by atoms with E-state index in [0.717, 1.165) is 0 Å². The minimum Gasteiger partial charge on any atom is -0.383 e. The number of rotatable bonds is 9. The summed E-state index contributed by atoms with van der Waals surface area (Å²) in [7, 11) is 0.0713. The highest BCUT2D eigenvalue weighted by atomic mass is 32.2. The number of hydrogen-bond donors (Lipinski definition) is 2. The molecule has 2 N–H and O–H groups in total. The van der Waals surface area contributed by atoms with Gasteiger partial charge in [0, 0.05) is 40.3 Å². The van der Waals surface area contributed by atoms with Gasteiger partial charge in [-0.3, -0.25) is 4.99 Å². The van der Waals surface area contributed by atoms with E-state index >= 15 is 0 Å². The zero-order valence-corrected chi connectivity index (χ0v) is 13.1. The fraction of sp³-hybridized carbons (Fsp3) is 0.909. The third-order valence-electron chi connectivity index (χ3n) is 2.57. The molecular formula is C11H26N4O3S. The molecule has 0 fully saturated rings. The molecule has 0 aromatic rings. The largest absolute Gasteiger partial charge is 0.383 e. The van der Waals surface area contributed by atoms with Crippen LogP contribution in [0.15, 0.2) is 4.99 Å². The van der Waals surface area contributed by atoms with E-state index in [2.05, 4.69) is 15.6 Å². The Kier molecular flexibility index (Phi) is 9.54. The van der Waals surface area contributed by atoms with Crippen LogP contribution >= 0.6 is 0 Å². The molecule has 19 heavy (non-hydrogen) atoms. The van der Waals surface area contributed by atoms with Crippen LogP contribution in [0.3, 0.4) is 0 Å². The van der Waals surface area contributed by atoms with Crippen molar-refractivity contribution in [2.24, 2.45) is 4.99 Å². The minimum atomic E-state index is -3.19. The summed E-state index contributed by atoms with van der Waals surface area (Å²) in [6.07, 6.45) is 0. The van der Waals surface area contributed by atoms with Gasteiger partial charge in [-0.05, 0) is 0 Å². The van der Waals surface area contributed by atoms with Gasteiger partial charge in [-0.2, -0.15) is 0 Å². The summed E-state index contributed by atoms with van der Waals surface area (Å²) in [6, 6.07) is 0. The first kappa shape index (κ1) is 18.1. The monoisotopic (exact) mass is 294 g/mol. The van der Waals surface area contributed by atoms with E-state index in [9.17, 15) is 8.42 Å². The van der Waals surface area contributed by atoms with Crippen molar-refractivity contribution in [3.8, 4) is 0 Å². The summed E-state index contributed by atoms with van der Waals surface area (Å²) in [5.41, 5.74) is 0. The Morgan fingerprint density at radius 3 is 2.26 bits per heavy atom. The Balaban J connectivity index is 4.12. The second-order valence-corrected chi connectivity index (χ2v) is 5.91. The zero-order valence-electron chi connectivity index (χ0n) is 12.3. The van der Waals surface area contributed by atoms with Crippen molar-refractivity contribution in [1.82, 2.24) is 14.9 Å².